The van der Waals surface area contributed by atoms with Crippen molar-refractivity contribution in [1.82, 2.24) is 9.80 Å². The van der Waals surface area contributed by atoms with Gasteiger partial charge >= 0.3 is 12.0 Å². The number of fused-ring (bicyclic) bond motifs is 1. The van der Waals surface area contributed by atoms with Crippen LogP contribution in [0.4, 0.5) is 4.79 Å². The number of rotatable bonds is 3. The second kappa shape index (κ2) is 5.26. The van der Waals surface area contributed by atoms with Crippen LogP contribution in [0.15, 0.2) is 0 Å². The molecule has 3 fully saturated rings. The summed E-state index contributed by atoms with van der Waals surface area (Å²) in [4.78, 5) is 27.6. The van der Waals surface area contributed by atoms with E-state index in [0.29, 0.717) is 18.3 Å². The highest BCUT2D eigenvalue weighted by molar-refractivity contribution is 5.83. The van der Waals surface area contributed by atoms with Gasteiger partial charge in [-0.25, -0.2) is 9.59 Å². The van der Waals surface area contributed by atoms with E-state index in [4.69, 9.17) is 0 Å². The lowest BCUT2D eigenvalue weighted by molar-refractivity contribution is -0.141. The first-order chi connectivity index (χ1) is 9.58. The minimum absolute atomic E-state index is 0.0706. The summed E-state index contributed by atoms with van der Waals surface area (Å²) >= 11 is 0. The Hall–Kier alpha value is -1.26. The summed E-state index contributed by atoms with van der Waals surface area (Å²) in [5.41, 5.74) is 0. The Labute approximate surface area is 119 Å². The summed E-state index contributed by atoms with van der Waals surface area (Å²) in [6.07, 6.45) is 7.38. The van der Waals surface area contributed by atoms with Crippen molar-refractivity contribution in [1.29, 1.82) is 0 Å². The molecule has 5 heteroatoms. The Morgan fingerprint density at radius 3 is 2.55 bits per heavy atom. The van der Waals surface area contributed by atoms with Crippen LogP contribution in [-0.4, -0.2) is 52.6 Å². The summed E-state index contributed by atoms with van der Waals surface area (Å²) in [5, 5.41) is 9.44. The van der Waals surface area contributed by atoms with E-state index in [9.17, 15) is 14.7 Å². The predicted molar refractivity (Wildman–Crippen MR) is 74.4 cm³/mol. The molecule has 0 spiro atoms. The summed E-state index contributed by atoms with van der Waals surface area (Å²) in [5.74, 6) is 0.188. The lowest BCUT2D eigenvalue weighted by Crippen LogP contribution is -2.51. The van der Waals surface area contributed by atoms with Crippen LogP contribution in [-0.2, 0) is 4.79 Å². The van der Waals surface area contributed by atoms with E-state index in [1.54, 1.807) is 9.80 Å². The molecular formula is C15H24N2O3. The highest BCUT2D eigenvalue weighted by Gasteiger charge is 2.48. The maximum absolute atomic E-state index is 12.7. The third-order valence-corrected chi connectivity index (χ3v) is 5.15. The molecule has 0 radical (unpaired) electrons. The third kappa shape index (κ3) is 2.50. The molecule has 3 atom stereocenters. The second-order valence-corrected chi connectivity index (χ2v) is 6.72. The molecule has 2 aliphatic carbocycles. The second-order valence-electron chi connectivity index (χ2n) is 6.72. The van der Waals surface area contributed by atoms with Crippen LogP contribution >= 0.6 is 0 Å². The van der Waals surface area contributed by atoms with Crippen LogP contribution in [0, 0.1) is 11.8 Å². The molecule has 0 aromatic carbocycles. The van der Waals surface area contributed by atoms with Crippen LogP contribution < -0.4 is 0 Å². The SMILES string of the molecule is CN(CC1CC1)C(=O)N1C(C(=O)O)CC2CCCCC21. The number of amides is 2. The normalized spacial score (nSPS) is 32.9. The summed E-state index contributed by atoms with van der Waals surface area (Å²) < 4.78 is 0. The zero-order chi connectivity index (χ0) is 14.3. The van der Waals surface area contributed by atoms with Gasteiger partial charge in [-0.1, -0.05) is 12.8 Å². The molecular weight excluding hydrogens is 256 g/mol. The fraction of sp³-hybridized carbons (Fsp3) is 0.867. The molecule has 3 unspecified atom stereocenters. The molecule has 0 aromatic rings. The van der Waals surface area contributed by atoms with Crippen molar-refractivity contribution in [3.63, 3.8) is 0 Å². The predicted octanol–water partition coefficient (Wildman–Crippen LogP) is 2.17. The average Bonchev–Trinajstić information content (AvgIpc) is 3.15. The number of likely N-dealkylation sites (tertiary alicyclic amines) is 1. The first-order valence-corrected chi connectivity index (χ1v) is 7.84. The van der Waals surface area contributed by atoms with Crippen LogP contribution in [0.25, 0.3) is 0 Å². The van der Waals surface area contributed by atoms with Crippen molar-refractivity contribution >= 4 is 12.0 Å². The van der Waals surface area contributed by atoms with Crippen molar-refractivity contribution in [2.45, 2.75) is 57.0 Å². The molecule has 1 heterocycles. The number of urea groups is 1. The molecule has 1 N–H and O–H groups in total. The summed E-state index contributed by atoms with van der Waals surface area (Å²) in [6, 6.07) is -0.532. The van der Waals surface area contributed by atoms with E-state index < -0.39 is 12.0 Å². The van der Waals surface area contributed by atoms with Gasteiger partial charge in [-0.3, -0.25) is 0 Å². The monoisotopic (exact) mass is 280 g/mol. The van der Waals surface area contributed by atoms with Crippen molar-refractivity contribution in [2.75, 3.05) is 13.6 Å². The van der Waals surface area contributed by atoms with Crippen molar-refractivity contribution in [3.8, 4) is 0 Å². The maximum atomic E-state index is 12.7. The topological polar surface area (TPSA) is 60.9 Å². The number of carbonyl (C=O) groups excluding carboxylic acids is 1. The lowest BCUT2D eigenvalue weighted by Gasteiger charge is -2.35. The first kappa shape index (κ1) is 13.7. The number of aliphatic carboxylic acids is 1. The number of carbonyl (C=O) groups is 2. The van der Waals surface area contributed by atoms with Crippen molar-refractivity contribution < 1.29 is 14.7 Å². The number of carboxylic acids is 1. The Morgan fingerprint density at radius 1 is 1.20 bits per heavy atom. The fourth-order valence-electron chi connectivity index (χ4n) is 3.92. The van der Waals surface area contributed by atoms with Crippen LogP contribution in [0.5, 0.6) is 0 Å². The van der Waals surface area contributed by atoms with Gasteiger partial charge in [-0.05, 0) is 43.9 Å². The Bertz CT molecular complexity index is 408. The molecule has 3 aliphatic rings. The molecule has 2 amide bonds. The van der Waals surface area contributed by atoms with Gasteiger partial charge in [0.05, 0.1) is 0 Å². The maximum Gasteiger partial charge on any atom is 0.326 e. The quantitative estimate of drug-likeness (QED) is 0.862. The Kier molecular flexibility index (Phi) is 3.61. The van der Waals surface area contributed by atoms with Crippen molar-refractivity contribution in [2.24, 2.45) is 11.8 Å². The van der Waals surface area contributed by atoms with Gasteiger partial charge in [-0.2, -0.15) is 0 Å². The van der Waals surface area contributed by atoms with E-state index in [1.807, 2.05) is 7.05 Å². The molecule has 1 saturated heterocycles. The average molecular weight is 280 g/mol. The highest BCUT2D eigenvalue weighted by Crippen LogP contribution is 2.40. The van der Waals surface area contributed by atoms with Gasteiger partial charge in [0, 0.05) is 19.6 Å². The fourth-order valence-corrected chi connectivity index (χ4v) is 3.92. The third-order valence-electron chi connectivity index (χ3n) is 5.15. The van der Waals surface area contributed by atoms with Gasteiger partial charge in [0.2, 0.25) is 0 Å². The Balaban J connectivity index is 1.75. The molecule has 2 saturated carbocycles. The van der Waals surface area contributed by atoms with Gasteiger partial charge in [-0.15, -0.1) is 0 Å². The molecule has 3 rings (SSSR count). The zero-order valence-electron chi connectivity index (χ0n) is 12.1. The smallest absolute Gasteiger partial charge is 0.326 e. The molecule has 0 bridgehead atoms. The largest absolute Gasteiger partial charge is 0.480 e. The zero-order valence-corrected chi connectivity index (χ0v) is 12.1. The first-order valence-electron chi connectivity index (χ1n) is 7.84. The number of hydrogen-bond donors (Lipinski definition) is 1. The van der Waals surface area contributed by atoms with Crippen LogP contribution in [0.2, 0.25) is 0 Å². The van der Waals surface area contributed by atoms with Crippen LogP contribution in [0.1, 0.15) is 44.9 Å². The standard InChI is InChI=1S/C15H24N2O3/c1-16(9-10-6-7-10)15(20)17-12-5-3-2-4-11(12)8-13(17)14(18)19/h10-13H,2-9H2,1H3,(H,18,19). The number of carboxylic acid groups (broad SMARTS) is 1. The lowest BCUT2D eigenvalue weighted by atomic mass is 9.85. The van der Waals surface area contributed by atoms with E-state index in [1.165, 1.54) is 19.3 Å². The molecule has 20 heavy (non-hydrogen) atoms. The van der Waals surface area contributed by atoms with E-state index in [0.717, 1.165) is 25.8 Å². The van der Waals surface area contributed by atoms with Gasteiger partial charge < -0.3 is 14.9 Å². The van der Waals surface area contributed by atoms with Gasteiger partial charge in [0.1, 0.15) is 6.04 Å². The van der Waals surface area contributed by atoms with E-state index in [2.05, 4.69) is 0 Å². The minimum Gasteiger partial charge on any atom is -0.480 e. The molecule has 0 aromatic heterocycles. The number of nitrogens with zero attached hydrogens (tertiary/aromatic N) is 2. The van der Waals surface area contributed by atoms with Crippen LogP contribution in [0.3, 0.4) is 0 Å². The van der Waals surface area contributed by atoms with E-state index in [-0.39, 0.29) is 12.1 Å². The molecule has 1 aliphatic heterocycles. The Morgan fingerprint density at radius 2 is 1.90 bits per heavy atom. The summed E-state index contributed by atoms with van der Waals surface area (Å²) in [7, 11) is 1.82. The minimum atomic E-state index is -0.840. The van der Waals surface area contributed by atoms with Gasteiger partial charge in [0.25, 0.3) is 0 Å². The van der Waals surface area contributed by atoms with E-state index >= 15 is 0 Å². The highest BCUT2D eigenvalue weighted by atomic mass is 16.4. The number of hydrogen-bond acceptors (Lipinski definition) is 2. The summed E-state index contributed by atoms with van der Waals surface area (Å²) in [6.45, 7) is 0.777. The van der Waals surface area contributed by atoms with Crippen molar-refractivity contribution in [3.05, 3.63) is 0 Å². The molecule has 112 valence electrons. The van der Waals surface area contributed by atoms with Gasteiger partial charge in [0.15, 0.2) is 0 Å². The molecule has 5 nitrogen and oxygen atoms in total.